The fourth-order valence-electron chi connectivity index (χ4n) is 2.68. The molecule has 134 valence electrons. The Morgan fingerprint density at radius 1 is 1.23 bits per heavy atom. The van der Waals surface area contributed by atoms with Crippen LogP contribution in [0.5, 0.6) is 0 Å². The molecule has 2 aromatic rings. The van der Waals surface area contributed by atoms with E-state index in [1.807, 2.05) is 37.3 Å². The summed E-state index contributed by atoms with van der Waals surface area (Å²) < 4.78 is 0. The van der Waals surface area contributed by atoms with Crippen molar-refractivity contribution in [1.29, 1.82) is 0 Å². The Labute approximate surface area is 154 Å². The van der Waals surface area contributed by atoms with Crippen molar-refractivity contribution in [3.05, 3.63) is 53.3 Å². The Balaban J connectivity index is 1.59. The van der Waals surface area contributed by atoms with Crippen LogP contribution in [0.2, 0.25) is 0 Å². The number of rotatable bonds is 6. The minimum atomic E-state index is -0.00386. The van der Waals surface area contributed by atoms with Gasteiger partial charge in [-0.25, -0.2) is 9.97 Å². The quantitative estimate of drug-likeness (QED) is 0.788. The monoisotopic (exact) mass is 348 g/mol. The van der Waals surface area contributed by atoms with Gasteiger partial charge in [0.05, 0.1) is 0 Å². The molecule has 0 bridgehead atoms. The van der Waals surface area contributed by atoms with Crippen LogP contribution in [0.25, 0.3) is 0 Å². The summed E-state index contributed by atoms with van der Waals surface area (Å²) in [6.45, 7) is 4.48. The molecule has 1 atom stereocenters. The van der Waals surface area contributed by atoms with Crippen LogP contribution in [0.15, 0.2) is 36.5 Å². The van der Waals surface area contributed by atoms with Crippen molar-refractivity contribution >= 4 is 11.9 Å². The molecule has 0 radical (unpaired) electrons. The van der Waals surface area contributed by atoms with E-state index in [1.54, 1.807) is 6.20 Å². The summed E-state index contributed by atoms with van der Waals surface area (Å²) in [5.74, 6) is 7.65. The summed E-state index contributed by atoms with van der Waals surface area (Å²) in [4.78, 5) is 19.7. The zero-order chi connectivity index (χ0) is 18.4. The summed E-state index contributed by atoms with van der Waals surface area (Å²) in [5.41, 5.74) is 2.82. The lowest BCUT2D eigenvalue weighted by Gasteiger charge is -2.12. The van der Waals surface area contributed by atoms with Gasteiger partial charge in [-0.05, 0) is 61.8 Å². The van der Waals surface area contributed by atoms with Gasteiger partial charge in [0.15, 0.2) is 0 Å². The van der Waals surface area contributed by atoms with Gasteiger partial charge in [0.25, 0.3) is 0 Å². The smallest absolute Gasteiger partial charge is 0.223 e. The van der Waals surface area contributed by atoms with Crippen molar-refractivity contribution in [3.8, 4) is 11.8 Å². The first-order valence-corrected chi connectivity index (χ1v) is 9.03. The Kier molecular flexibility index (Phi) is 5.85. The molecule has 1 heterocycles. The molecule has 1 aliphatic rings. The Hall–Kier alpha value is -2.87. The van der Waals surface area contributed by atoms with Crippen molar-refractivity contribution in [2.75, 3.05) is 11.9 Å². The van der Waals surface area contributed by atoms with Crippen LogP contribution in [-0.4, -0.2) is 28.5 Å². The normalized spacial score (nSPS) is 14.1. The van der Waals surface area contributed by atoms with E-state index in [1.165, 1.54) is 25.3 Å². The van der Waals surface area contributed by atoms with Gasteiger partial charge in [-0.1, -0.05) is 18.1 Å². The van der Waals surface area contributed by atoms with E-state index in [-0.39, 0.29) is 11.9 Å². The summed E-state index contributed by atoms with van der Waals surface area (Å²) in [6, 6.07) is 10.0. The average Bonchev–Trinajstić information content (AvgIpc) is 3.43. The number of nitrogens with one attached hydrogen (secondary N) is 2. The summed E-state index contributed by atoms with van der Waals surface area (Å²) in [6.07, 6.45) is 5.13. The second-order valence-corrected chi connectivity index (χ2v) is 6.84. The molecule has 0 saturated heterocycles. The number of hydrogen-bond acceptors (Lipinski definition) is 4. The molecule has 1 aromatic heterocycles. The van der Waals surface area contributed by atoms with E-state index in [9.17, 15) is 4.79 Å². The maximum atomic E-state index is 11.1. The summed E-state index contributed by atoms with van der Waals surface area (Å²) >= 11 is 0. The second kappa shape index (κ2) is 8.48. The molecule has 3 rings (SSSR count). The second-order valence-electron chi connectivity index (χ2n) is 6.84. The third-order valence-electron chi connectivity index (χ3n) is 4.18. The summed E-state index contributed by atoms with van der Waals surface area (Å²) in [5, 5.41) is 6.16. The fourth-order valence-corrected chi connectivity index (χ4v) is 2.68. The molecule has 1 aromatic carbocycles. The standard InChI is InChI=1S/C21H24N4O/c1-15(24-16(2)26)13-18-5-3-17(4-6-18)9-10-20-11-12-22-21(25-20)23-14-19-7-8-19/h3-6,11-12,15,19H,7-8,13-14H2,1-2H3,(H,24,26)(H,22,23,25). The van der Waals surface area contributed by atoms with Gasteiger partial charge in [0.1, 0.15) is 5.69 Å². The molecule has 5 heteroatoms. The first-order valence-electron chi connectivity index (χ1n) is 9.03. The van der Waals surface area contributed by atoms with Gasteiger partial charge in [0.2, 0.25) is 11.9 Å². The number of carbonyl (C=O) groups is 1. The van der Waals surface area contributed by atoms with Crippen LogP contribution in [0.1, 0.15) is 43.5 Å². The third-order valence-corrected chi connectivity index (χ3v) is 4.18. The van der Waals surface area contributed by atoms with Crippen LogP contribution >= 0.6 is 0 Å². The molecular formula is C21H24N4O. The zero-order valence-corrected chi connectivity index (χ0v) is 15.2. The van der Waals surface area contributed by atoms with Crippen LogP contribution in [0.3, 0.4) is 0 Å². The van der Waals surface area contributed by atoms with E-state index in [2.05, 4.69) is 32.4 Å². The largest absolute Gasteiger partial charge is 0.354 e. The zero-order valence-electron chi connectivity index (χ0n) is 15.2. The molecule has 26 heavy (non-hydrogen) atoms. The molecule has 1 amide bonds. The first kappa shape index (κ1) is 17.9. The van der Waals surface area contributed by atoms with Gasteiger partial charge in [0, 0.05) is 31.3 Å². The van der Waals surface area contributed by atoms with Crippen molar-refractivity contribution in [1.82, 2.24) is 15.3 Å². The topological polar surface area (TPSA) is 66.9 Å². The van der Waals surface area contributed by atoms with Crippen molar-refractivity contribution in [2.45, 2.75) is 39.2 Å². The lowest BCUT2D eigenvalue weighted by Crippen LogP contribution is -2.31. The lowest BCUT2D eigenvalue weighted by atomic mass is 10.1. The minimum absolute atomic E-state index is 0.00386. The molecule has 2 N–H and O–H groups in total. The highest BCUT2D eigenvalue weighted by molar-refractivity contribution is 5.73. The Bertz CT molecular complexity index is 816. The third kappa shape index (κ3) is 5.89. The van der Waals surface area contributed by atoms with E-state index in [4.69, 9.17) is 0 Å². The van der Waals surface area contributed by atoms with Crippen LogP contribution in [0, 0.1) is 17.8 Å². The highest BCUT2D eigenvalue weighted by atomic mass is 16.1. The lowest BCUT2D eigenvalue weighted by molar-refractivity contribution is -0.119. The predicted octanol–water partition coefficient (Wildman–Crippen LogP) is 2.77. The number of amides is 1. The van der Waals surface area contributed by atoms with Gasteiger partial charge in [-0.15, -0.1) is 0 Å². The molecule has 5 nitrogen and oxygen atoms in total. The van der Waals surface area contributed by atoms with Gasteiger partial charge >= 0.3 is 0 Å². The molecule has 1 aliphatic carbocycles. The van der Waals surface area contributed by atoms with E-state index in [0.29, 0.717) is 11.6 Å². The van der Waals surface area contributed by atoms with Crippen molar-refractivity contribution < 1.29 is 4.79 Å². The predicted molar refractivity (Wildman–Crippen MR) is 103 cm³/mol. The van der Waals surface area contributed by atoms with Crippen molar-refractivity contribution in [3.63, 3.8) is 0 Å². The maximum absolute atomic E-state index is 11.1. The highest BCUT2D eigenvalue weighted by Crippen LogP contribution is 2.28. The van der Waals surface area contributed by atoms with Crippen LogP contribution < -0.4 is 10.6 Å². The van der Waals surface area contributed by atoms with Gasteiger partial charge in [-0.3, -0.25) is 4.79 Å². The van der Waals surface area contributed by atoms with E-state index >= 15 is 0 Å². The SMILES string of the molecule is CC(=O)NC(C)Cc1ccc(C#Cc2ccnc(NCC3CC3)n2)cc1. The first-order chi connectivity index (χ1) is 12.6. The molecule has 1 unspecified atom stereocenters. The Morgan fingerprint density at radius 2 is 2.00 bits per heavy atom. The van der Waals surface area contributed by atoms with Gasteiger partial charge < -0.3 is 10.6 Å². The van der Waals surface area contributed by atoms with E-state index in [0.717, 1.165) is 24.4 Å². The molecule has 0 aliphatic heterocycles. The van der Waals surface area contributed by atoms with Gasteiger partial charge in [-0.2, -0.15) is 0 Å². The minimum Gasteiger partial charge on any atom is -0.354 e. The maximum Gasteiger partial charge on any atom is 0.223 e. The summed E-state index contributed by atoms with van der Waals surface area (Å²) in [7, 11) is 0. The number of anilines is 1. The van der Waals surface area contributed by atoms with Crippen LogP contribution in [0.4, 0.5) is 5.95 Å². The molecule has 0 spiro atoms. The molecular weight excluding hydrogens is 324 g/mol. The fraction of sp³-hybridized carbons (Fsp3) is 0.381. The van der Waals surface area contributed by atoms with E-state index < -0.39 is 0 Å². The molecule has 1 fully saturated rings. The number of carbonyl (C=O) groups excluding carboxylic acids is 1. The number of aromatic nitrogens is 2. The van der Waals surface area contributed by atoms with Crippen molar-refractivity contribution in [2.24, 2.45) is 5.92 Å². The average molecular weight is 348 g/mol. The van der Waals surface area contributed by atoms with Crippen LogP contribution in [-0.2, 0) is 11.2 Å². The number of hydrogen-bond donors (Lipinski definition) is 2. The molecule has 1 saturated carbocycles. The Morgan fingerprint density at radius 3 is 2.69 bits per heavy atom. The number of benzene rings is 1. The number of nitrogens with zero attached hydrogens (tertiary/aromatic N) is 2. The highest BCUT2D eigenvalue weighted by Gasteiger charge is 2.20.